The minimum absolute atomic E-state index is 0.317. The van der Waals surface area contributed by atoms with Crippen LogP contribution in [-0.2, 0) is 31.9 Å². The number of alkyl halides is 3. The van der Waals surface area contributed by atoms with Crippen molar-refractivity contribution in [2.75, 3.05) is 0 Å². The molecule has 0 heterocycles. The van der Waals surface area contributed by atoms with E-state index in [1.54, 1.807) is 17.7 Å². The summed E-state index contributed by atoms with van der Waals surface area (Å²) < 4.78 is 38.4. The number of benzene rings is 2. The van der Waals surface area contributed by atoms with Crippen LogP contribution in [0.3, 0.4) is 0 Å². The third-order valence-electron chi connectivity index (χ3n) is 6.26. The molecule has 2 atom stereocenters. The molecule has 2 aromatic rings. The van der Waals surface area contributed by atoms with Crippen LogP contribution in [-0.4, -0.2) is 0 Å². The van der Waals surface area contributed by atoms with Gasteiger partial charge in [0.05, 0.1) is 5.56 Å². The second-order valence-corrected chi connectivity index (χ2v) is 7.93. The molecule has 3 heteroatoms. The number of allylic oxidation sites excluding steroid dienone is 2. The second-order valence-electron chi connectivity index (χ2n) is 7.93. The van der Waals surface area contributed by atoms with E-state index in [9.17, 15) is 13.2 Å². The van der Waals surface area contributed by atoms with E-state index in [1.165, 1.54) is 35.2 Å². The molecular weight excluding hydrogens is 345 g/mol. The number of rotatable bonds is 2. The largest absolute Gasteiger partial charge is 0.416 e. The minimum atomic E-state index is -4.26. The van der Waals surface area contributed by atoms with Crippen molar-refractivity contribution in [2.45, 2.75) is 57.5 Å². The third kappa shape index (κ3) is 3.69. The van der Waals surface area contributed by atoms with Crippen LogP contribution in [0, 0.1) is 5.92 Å². The average Bonchev–Trinajstić information content (AvgIpc) is 2.67. The summed E-state index contributed by atoms with van der Waals surface area (Å²) in [6.07, 6.45) is 6.72. The zero-order valence-corrected chi connectivity index (χ0v) is 15.7. The number of halogens is 3. The topological polar surface area (TPSA) is 0 Å². The quantitative estimate of drug-likeness (QED) is 0.519. The van der Waals surface area contributed by atoms with Gasteiger partial charge in [-0.25, -0.2) is 0 Å². The summed E-state index contributed by atoms with van der Waals surface area (Å²) in [5.41, 5.74) is 6.44. The Kier molecular flexibility index (Phi) is 4.88. The molecule has 0 bridgehead atoms. The molecule has 0 nitrogen and oxygen atoms in total. The predicted molar refractivity (Wildman–Crippen MR) is 103 cm³/mol. The Balaban J connectivity index is 1.54. The summed E-state index contributed by atoms with van der Waals surface area (Å²) in [6, 6.07) is 10.3. The van der Waals surface area contributed by atoms with Crippen molar-refractivity contribution in [1.82, 2.24) is 0 Å². The lowest BCUT2D eigenvalue weighted by atomic mass is 9.74. The zero-order valence-electron chi connectivity index (χ0n) is 15.7. The van der Waals surface area contributed by atoms with Gasteiger partial charge in [0.1, 0.15) is 0 Å². The Morgan fingerprint density at radius 3 is 2.11 bits per heavy atom. The summed E-state index contributed by atoms with van der Waals surface area (Å²) in [4.78, 5) is 0. The average molecular weight is 370 g/mol. The van der Waals surface area contributed by atoms with E-state index in [0.717, 1.165) is 37.7 Å². The van der Waals surface area contributed by atoms with Crippen molar-refractivity contribution < 1.29 is 13.2 Å². The first-order valence-corrected chi connectivity index (χ1v) is 9.88. The molecule has 0 aromatic heterocycles. The molecule has 0 amide bonds. The maximum Gasteiger partial charge on any atom is 0.416 e. The van der Waals surface area contributed by atoms with E-state index in [-0.39, 0.29) is 0 Å². The van der Waals surface area contributed by atoms with Gasteiger partial charge < -0.3 is 0 Å². The normalized spacial score (nSPS) is 22.5. The van der Waals surface area contributed by atoms with Gasteiger partial charge in [0.15, 0.2) is 0 Å². The summed E-state index contributed by atoms with van der Waals surface area (Å²) in [6.45, 7) is 2.09. The van der Waals surface area contributed by atoms with Crippen LogP contribution in [0.5, 0.6) is 0 Å². The molecule has 2 unspecified atom stereocenters. The fraction of sp³-hybridized carbons (Fsp3) is 0.417. The summed E-state index contributed by atoms with van der Waals surface area (Å²) in [5, 5.41) is 0. The van der Waals surface area contributed by atoms with Gasteiger partial charge in [-0.15, -0.1) is 0 Å². The lowest BCUT2D eigenvalue weighted by Gasteiger charge is -2.31. The predicted octanol–water partition coefficient (Wildman–Crippen LogP) is 6.66. The first-order chi connectivity index (χ1) is 13.0. The second kappa shape index (κ2) is 7.18. The van der Waals surface area contributed by atoms with Gasteiger partial charge in [-0.3, -0.25) is 0 Å². The fourth-order valence-electron chi connectivity index (χ4n) is 4.86. The van der Waals surface area contributed by atoms with Gasteiger partial charge in [0.2, 0.25) is 0 Å². The van der Waals surface area contributed by atoms with Crippen molar-refractivity contribution in [3.05, 3.63) is 81.9 Å². The molecule has 0 saturated carbocycles. The first-order valence-electron chi connectivity index (χ1n) is 9.88. The van der Waals surface area contributed by atoms with Crippen molar-refractivity contribution in [2.24, 2.45) is 5.92 Å². The zero-order chi connectivity index (χ0) is 19.0. The van der Waals surface area contributed by atoms with Gasteiger partial charge in [-0.05, 0) is 97.2 Å². The highest BCUT2D eigenvalue weighted by atomic mass is 19.4. The third-order valence-corrected chi connectivity index (χ3v) is 6.26. The monoisotopic (exact) mass is 370 g/mol. The van der Waals surface area contributed by atoms with E-state index >= 15 is 0 Å². The summed E-state index contributed by atoms with van der Waals surface area (Å²) in [7, 11) is 0. The lowest BCUT2D eigenvalue weighted by Crippen LogP contribution is -2.20. The Hall–Kier alpha value is -2.03. The highest BCUT2D eigenvalue weighted by Gasteiger charge is 2.31. The van der Waals surface area contributed by atoms with Gasteiger partial charge in [0.25, 0.3) is 0 Å². The molecule has 142 valence electrons. The molecule has 0 fully saturated rings. The molecule has 0 aliphatic heterocycles. The maximum absolute atomic E-state index is 12.8. The van der Waals surface area contributed by atoms with Crippen molar-refractivity contribution in [3.8, 4) is 0 Å². The van der Waals surface area contributed by atoms with Gasteiger partial charge in [-0.2, -0.15) is 13.2 Å². The lowest BCUT2D eigenvalue weighted by molar-refractivity contribution is -0.137. The van der Waals surface area contributed by atoms with Gasteiger partial charge in [0, 0.05) is 0 Å². The van der Waals surface area contributed by atoms with Crippen molar-refractivity contribution in [3.63, 3.8) is 0 Å². The molecule has 0 spiro atoms. The maximum atomic E-state index is 12.8. The van der Waals surface area contributed by atoms with E-state index < -0.39 is 11.7 Å². The van der Waals surface area contributed by atoms with Gasteiger partial charge in [-0.1, -0.05) is 36.4 Å². The Labute approximate surface area is 159 Å². The molecule has 2 aliphatic rings. The molecule has 0 N–H and O–H groups in total. The summed E-state index contributed by atoms with van der Waals surface area (Å²) in [5.74, 6) is 0.973. The van der Waals surface area contributed by atoms with Crippen LogP contribution in [0.15, 0.2) is 48.6 Å². The van der Waals surface area contributed by atoms with E-state index in [2.05, 4.69) is 31.2 Å². The van der Waals surface area contributed by atoms with Crippen molar-refractivity contribution in [1.29, 1.82) is 0 Å². The number of hydrogen-bond acceptors (Lipinski definition) is 0. The molecule has 2 aromatic carbocycles. The van der Waals surface area contributed by atoms with Crippen LogP contribution < -0.4 is 0 Å². The number of fused-ring (bicyclic) bond motifs is 3. The molecule has 4 rings (SSSR count). The van der Waals surface area contributed by atoms with Crippen LogP contribution in [0.4, 0.5) is 13.2 Å². The Bertz CT molecular complexity index is 843. The molecule has 0 saturated heterocycles. The Morgan fingerprint density at radius 2 is 1.48 bits per heavy atom. The SMILES string of the molecule is CC=CC1CCc2c(ccc3c2CCC(c2ccc(C(F)(F)F)cc2)C3)C1. The molecule has 27 heavy (non-hydrogen) atoms. The standard InChI is InChI=1S/C24H25F3/c1-2-3-16-4-12-22-19(14-16)5-6-20-15-18(9-13-23(20)22)17-7-10-21(11-8-17)24(25,26)27/h2-3,5-8,10-11,16,18H,4,9,12-15H2,1H3. The van der Waals surface area contributed by atoms with Crippen molar-refractivity contribution >= 4 is 0 Å². The van der Waals surface area contributed by atoms with Gasteiger partial charge >= 0.3 is 6.18 Å². The van der Waals surface area contributed by atoms with E-state index in [0.29, 0.717) is 11.8 Å². The first kappa shape index (κ1) is 18.3. The summed E-state index contributed by atoms with van der Waals surface area (Å²) >= 11 is 0. The van der Waals surface area contributed by atoms with E-state index in [1.807, 2.05) is 0 Å². The highest BCUT2D eigenvalue weighted by molar-refractivity contribution is 5.46. The number of hydrogen-bond donors (Lipinski definition) is 0. The molecular formula is C24H25F3. The Morgan fingerprint density at radius 1 is 0.852 bits per heavy atom. The van der Waals surface area contributed by atoms with Crippen LogP contribution in [0.2, 0.25) is 0 Å². The minimum Gasteiger partial charge on any atom is -0.166 e. The highest BCUT2D eigenvalue weighted by Crippen LogP contribution is 2.39. The van der Waals surface area contributed by atoms with Crippen LogP contribution in [0.25, 0.3) is 0 Å². The van der Waals surface area contributed by atoms with Crippen LogP contribution in [0.1, 0.15) is 59.1 Å². The fourth-order valence-corrected chi connectivity index (χ4v) is 4.86. The molecule has 2 aliphatic carbocycles. The van der Waals surface area contributed by atoms with Crippen LogP contribution >= 0.6 is 0 Å². The smallest absolute Gasteiger partial charge is 0.166 e. The van der Waals surface area contributed by atoms with E-state index in [4.69, 9.17) is 0 Å². The molecule has 0 radical (unpaired) electrons.